The summed E-state index contributed by atoms with van der Waals surface area (Å²) in [5, 5.41) is 4.12. The van der Waals surface area contributed by atoms with Gasteiger partial charge in [0.05, 0.1) is 22.5 Å². The third kappa shape index (κ3) is 4.19. The molecular formula is C20H19N5O3S. The van der Waals surface area contributed by atoms with Gasteiger partial charge >= 0.3 is 0 Å². The Hall–Kier alpha value is -3.46. The Balaban J connectivity index is 1.66. The van der Waals surface area contributed by atoms with Crippen molar-refractivity contribution in [2.45, 2.75) is 18.4 Å². The van der Waals surface area contributed by atoms with Crippen LogP contribution in [0.2, 0.25) is 0 Å². The Morgan fingerprint density at radius 3 is 2.45 bits per heavy atom. The predicted octanol–water partition coefficient (Wildman–Crippen LogP) is 3.01. The molecule has 0 aliphatic carbocycles. The quantitative estimate of drug-likeness (QED) is 0.504. The zero-order valence-electron chi connectivity index (χ0n) is 15.7. The van der Waals surface area contributed by atoms with Crippen LogP contribution in [0.3, 0.4) is 0 Å². The number of benzene rings is 2. The SMILES string of the molecule is Cc1ccccc1S(=O)(=O)Nc1nc2ccccc2nc1OCCn1cccn1. The summed E-state index contributed by atoms with van der Waals surface area (Å²) in [6, 6.07) is 15.8. The highest BCUT2D eigenvalue weighted by Gasteiger charge is 2.21. The first kappa shape index (κ1) is 18.9. The Morgan fingerprint density at radius 1 is 1.00 bits per heavy atom. The second-order valence-electron chi connectivity index (χ2n) is 6.35. The molecule has 4 aromatic rings. The van der Waals surface area contributed by atoms with Gasteiger partial charge in [-0.15, -0.1) is 0 Å². The number of sulfonamides is 1. The number of anilines is 1. The molecule has 29 heavy (non-hydrogen) atoms. The van der Waals surface area contributed by atoms with Gasteiger partial charge in [0.15, 0.2) is 0 Å². The molecular weight excluding hydrogens is 390 g/mol. The third-order valence-electron chi connectivity index (χ3n) is 4.27. The minimum absolute atomic E-state index is 0.0485. The smallest absolute Gasteiger partial charge is 0.263 e. The number of aryl methyl sites for hydroxylation is 1. The summed E-state index contributed by atoms with van der Waals surface area (Å²) in [6.45, 7) is 2.49. The Labute approximate surface area is 168 Å². The molecule has 9 heteroatoms. The molecule has 1 N–H and O–H groups in total. The van der Waals surface area contributed by atoms with Crippen LogP contribution in [0.25, 0.3) is 11.0 Å². The van der Waals surface area contributed by atoms with Gasteiger partial charge in [0.25, 0.3) is 15.9 Å². The number of ether oxygens (including phenoxy) is 1. The van der Waals surface area contributed by atoms with Gasteiger partial charge in [-0.1, -0.05) is 30.3 Å². The van der Waals surface area contributed by atoms with Crippen LogP contribution in [-0.2, 0) is 16.6 Å². The first-order chi connectivity index (χ1) is 14.0. The lowest BCUT2D eigenvalue weighted by atomic mass is 10.2. The van der Waals surface area contributed by atoms with Crippen LogP contribution in [0.4, 0.5) is 5.82 Å². The van der Waals surface area contributed by atoms with Crippen molar-refractivity contribution in [3.63, 3.8) is 0 Å². The van der Waals surface area contributed by atoms with E-state index < -0.39 is 10.0 Å². The van der Waals surface area contributed by atoms with Crippen molar-refractivity contribution in [1.29, 1.82) is 0 Å². The summed E-state index contributed by atoms with van der Waals surface area (Å²) in [7, 11) is -3.85. The topological polar surface area (TPSA) is 99.0 Å². The minimum atomic E-state index is -3.85. The molecule has 0 atom stereocenters. The van der Waals surface area contributed by atoms with E-state index in [-0.39, 0.29) is 23.2 Å². The molecule has 2 heterocycles. The largest absolute Gasteiger partial charge is 0.473 e. The maximum Gasteiger partial charge on any atom is 0.263 e. The van der Waals surface area contributed by atoms with E-state index in [0.717, 1.165) is 0 Å². The van der Waals surface area contributed by atoms with Gasteiger partial charge in [-0.05, 0) is 36.8 Å². The molecule has 0 bridgehead atoms. The molecule has 0 aliphatic rings. The Bertz CT molecular complexity index is 1240. The highest BCUT2D eigenvalue weighted by molar-refractivity contribution is 7.92. The van der Waals surface area contributed by atoms with Crippen LogP contribution in [0.1, 0.15) is 5.56 Å². The lowest BCUT2D eigenvalue weighted by Crippen LogP contribution is -2.17. The van der Waals surface area contributed by atoms with Crippen LogP contribution in [0, 0.1) is 6.92 Å². The monoisotopic (exact) mass is 409 g/mol. The average Bonchev–Trinajstić information content (AvgIpc) is 3.22. The summed E-state index contributed by atoms with van der Waals surface area (Å²) >= 11 is 0. The Kier molecular flexibility index (Phi) is 5.13. The number of nitrogens with one attached hydrogen (secondary N) is 1. The van der Waals surface area contributed by atoms with E-state index in [1.54, 1.807) is 54.2 Å². The maximum absolute atomic E-state index is 12.9. The molecule has 2 aromatic heterocycles. The lowest BCUT2D eigenvalue weighted by Gasteiger charge is -2.14. The minimum Gasteiger partial charge on any atom is -0.473 e. The van der Waals surface area contributed by atoms with E-state index in [4.69, 9.17) is 4.74 Å². The van der Waals surface area contributed by atoms with E-state index in [1.807, 2.05) is 24.4 Å². The van der Waals surface area contributed by atoms with Gasteiger partial charge in [0, 0.05) is 12.4 Å². The standard InChI is InChI=1S/C20H19N5O3S/c1-15-7-2-5-10-18(15)29(26,27)24-19-20(28-14-13-25-12-6-11-21-25)23-17-9-4-3-8-16(17)22-19/h2-12H,13-14H2,1H3,(H,22,24). The van der Waals surface area contributed by atoms with Crippen LogP contribution < -0.4 is 9.46 Å². The molecule has 0 unspecified atom stereocenters. The van der Waals surface area contributed by atoms with Crippen LogP contribution in [0.5, 0.6) is 5.88 Å². The maximum atomic E-state index is 12.9. The highest BCUT2D eigenvalue weighted by atomic mass is 32.2. The van der Waals surface area contributed by atoms with E-state index in [9.17, 15) is 8.42 Å². The molecule has 4 rings (SSSR count). The molecule has 148 valence electrons. The number of fused-ring (bicyclic) bond motifs is 1. The van der Waals surface area contributed by atoms with Crippen LogP contribution in [0.15, 0.2) is 71.9 Å². The van der Waals surface area contributed by atoms with Gasteiger partial charge in [0.1, 0.15) is 6.61 Å². The number of nitrogens with zero attached hydrogens (tertiary/aromatic N) is 4. The normalized spacial score (nSPS) is 11.5. The van der Waals surface area contributed by atoms with Gasteiger partial charge in [-0.25, -0.2) is 18.4 Å². The lowest BCUT2D eigenvalue weighted by molar-refractivity contribution is 0.282. The first-order valence-electron chi connectivity index (χ1n) is 8.98. The fraction of sp³-hybridized carbons (Fsp3) is 0.150. The molecule has 0 amide bonds. The zero-order chi connectivity index (χ0) is 20.3. The molecule has 0 saturated carbocycles. The van der Waals surface area contributed by atoms with Gasteiger partial charge in [0.2, 0.25) is 5.82 Å². The number of rotatable bonds is 7. The highest BCUT2D eigenvalue weighted by Crippen LogP contribution is 2.27. The van der Waals surface area contributed by atoms with Crippen molar-refractivity contribution in [3.05, 3.63) is 72.6 Å². The Morgan fingerprint density at radius 2 is 1.72 bits per heavy atom. The van der Waals surface area contributed by atoms with Crippen molar-refractivity contribution in [1.82, 2.24) is 19.7 Å². The fourth-order valence-electron chi connectivity index (χ4n) is 2.86. The van der Waals surface area contributed by atoms with Crippen molar-refractivity contribution in [2.75, 3.05) is 11.3 Å². The van der Waals surface area contributed by atoms with E-state index >= 15 is 0 Å². The predicted molar refractivity (Wildman–Crippen MR) is 109 cm³/mol. The molecule has 0 fully saturated rings. The van der Waals surface area contributed by atoms with Crippen LogP contribution >= 0.6 is 0 Å². The fourth-order valence-corrected chi connectivity index (χ4v) is 4.11. The van der Waals surface area contributed by atoms with E-state index in [0.29, 0.717) is 23.1 Å². The molecule has 8 nitrogen and oxygen atoms in total. The van der Waals surface area contributed by atoms with Crippen molar-refractivity contribution >= 4 is 26.9 Å². The van der Waals surface area contributed by atoms with Gasteiger partial charge < -0.3 is 4.74 Å². The van der Waals surface area contributed by atoms with Crippen molar-refractivity contribution in [2.24, 2.45) is 0 Å². The third-order valence-corrected chi connectivity index (χ3v) is 5.77. The molecule has 0 spiro atoms. The number of hydrogen-bond acceptors (Lipinski definition) is 6. The molecule has 0 aliphatic heterocycles. The van der Waals surface area contributed by atoms with E-state index in [1.165, 1.54) is 0 Å². The summed E-state index contributed by atoms with van der Waals surface area (Å²) < 4.78 is 35.9. The van der Waals surface area contributed by atoms with Gasteiger partial charge in [-0.2, -0.15) is 5.10 Å². The first-order valence-corrected chi connectivity index (χ1v) is 10.5. The summed E-state index contributed by atoms with van der Waals surface area (Å²) in [5.74, 6) is 0.167. The van der Waals surface area contributed by atoms with Crippen molar-refractivity contribution in [3.8, 4) is 5.88 Å². The zero-order valence-corrected chi connectivity index (χ0v) is 16.5. The second-order valence-corrected chi connectivity index (χ2v) is 8.01. The summed E-state index contributed by atoms with van der Waals surface area (Å²) in [5.41, 5.74) is 1.81. The van der Waals surface area contributed by atoms with Gasteiger partial charge in [-0.3, -0.25) is 9.40 Å². The summed E-state index contributed by atoms with van der Waals surface area (Å²) in [6.07, 6.45) is 3.49. The summed E-state index contributed by atoms with van der Waals surface area (Å²) in [4.78, 5) is 9.06. The molecule has 0 radical (unpaired) electrons. The average molecular weight is 409 g/mol. The molecule has 0 saturated heterocycles. The van der Waals surface area contributed by atoms with E-state index in [2.05, 4.69) is 19.8 Å². The van der Waals surface area contributed by atoms with Crippen molar-refractivity contribution < 1.29 is 13.2 Å². The van der Waals surface area contributed by atoms with Crippen LogP contribution in [-0.4, -0.2) is 34.8 Å². The molecule has 2 aromatic carbocycles. The second kappa shape index (κ2) is 7.88. The number of aromatic nitrogens is 4. The number of para-hydroxylation sites is 2. The number of hydrogen-bond donors (Lipinski definition) is 1.